The number of hydrogen-bond donors (Lipinski definition) is 1. The van der Waals surface area contributed by atoms with Crippen molar-refractivity contribution in [1.29, 1.82) is 0 Å². The maximum Gasteiger partial charge on any atom is 0.453 e. The van der Waals surface area contributed by atoms with Crippen molar-refractivity contribution in [2.24, 2.45) is 0 Å². The minimum absolute atomic E-state index is 0.0237. The van der Waals surface area contributed by atoms with Crippen LogP contribution in [0.1, 0.15) is 25.6 Å². The maximum absolute atomic E-state index is 12.7. The lowest BCUT2D eigenvalue weighted by Crippen LogP contribution is -2.19. The van der Waals surface area contributed by atoms with Crippen LogP contribution in [-0.2, 0) is 6.18 Å². The molecule has 0 spiro atoms. The van der Waals surface area contributed by atoms with E-state index in [0.29, 0.717) is 10.9 Å². The lowest BCUT2D eigenvalue weighted by atomic mass is 10.2. The van der Waals surface area contributed by atoms with Gasteiger partial charge < -0.3 is 5.32 Å². The van der Waals surface area contributed by atoms with Crippen LogP contribution in [0.2, 0.25) is 0 Å². The van der Waals surface area contributed by atoms with Crippen LogP contribution < -0.4 is 5.32 Å². The van der Waals surface area contributed by atoms with Gasteiger partial charge in [0.15, 0.2) is 5.65 Å². The van der Waals surface area contributed by atoms with Gasteiger partial charge in [-0.05, 0) is 18.6 Å². The van der Waals surface area contributed by atoms with Crippen LogP contribution in [0, 0.1) is 12.3 Å². The molecule has 1 atom stereocenters. The normalized spacial score (nSPS) is 13.2. The minimum Gasteiger partial charge on any atom is -0.355 e. The smallest absolute Gasteiger partial charge is 0.355 e. The first kappa shape index (κ1) is 14.1. The van der Waals surface area contributed by atoms with E-state index in [2.05, 4.69) is 26.5 Å². The number of halogens is 3. The van der Waals surface area contributed by atoms with E-state index in [9.17, 15) is 13.2 Å². The molecule has 20 heavy (non-hydrogen) atoms. The number of nitrogens with one attached hydrogen (secondary N) is 1. The van der Waals surface area contributed by atoms with Crippen molar-refractivity contribution in [3.05, 3.63) is 18.0 Å². The summed E-state index contributed by atoms with van der Waals surface area (Å²) in [7, 11) is 0. The van der Waals surface area contributed by atoms with Crippen LogP contribution in [0.25, 0.3) is 5.65 Å². The third-order valence-corrected chi connectivity index (χ3v) is 2.62. The Hall–Kier alpha value is -2.30. The van der Waals surface area contributed by atoms with Crippen molar-refractivity contribution >= 4 is 11.5 Å². The van der Waals surface area contributed by atoms with E-state index in [1.807, 2.05) is 6.92 Å². The van der Waals surface area contributed by atoms with Gasteiger partial charge >= 0.3 is 6.18 Å². The first-order chi connectivity index (χ1) is 9.45. The second kappa shape index (κ2) is 5.36. The highest BCUT2D eigenvalue weighted by molar-refractivity contribution is 5.45. The molecular weight excluding hydrogens is 271 g/mol. The van der Waals surface area contributed by atoms with E-state index in [1.165, 1.54) is 12.1 Å². The van der Waals surface area contributed by atoms with Crippen molar-refractivity contribution in [1.82, 2.24) is 19.8 Å². The Morgan fingerprint density at radius 2 is 2.15 bits per heavy atom. The van der Waals surface area contributed by atoms with E-state index in [1.54, 1.807) is 0 Å². The van der Waals surface area contributed by atoms with E-state index in [4.69, 9.17) is 6.42 Å². The SMILES string of the molecule is C#CC(CCC)Nc1ccc2nnc(C(F)(F)F)n2n1. The molecule has 1 N–H and O–H groups in total. The molecule has 106 valence electrons. The van der Waals surface area contributed by atoms with Crippen LogP contribution in [0.15, 0.2) is 12.1 Å². The molecule has 2 aromatic heterocycles. The largest absolute Gasteiger partial charge is 0.453 e. The fraction of sp³-hybridized carbons (Fsp3) is 0.417. The average molecular weight is 283 g/mol. The number of aromatic nitrogens is 4. The molecule has 0 amide bonds. The lowest BCUT2D eigenvalue weighted by molar-refractivity contribution is -0.146. The van der Waals surface area contributed by atoms with E-state index in [-0.39, 0.29) is 17.5 Å². The highest BCUT2D eigenvalue weighted by Crippen LogP contribution is 2.27. The zero-order valence-electron chi connectivity index (χ0n) is 10.6. The summed E-state index contributed by atoms with van der Waals surface area (Å²) in [5.41, 5.74) is 0.0237. The average Bonchev–Trinajstić information content (AvgIpc) is 2.81. The Labute approximate surface area is 113 Å². The van der Waals surface area contributed by atoms with Gasteiger partial charge in [0, 0.05) is 0 Å². The number of fused-ring (bicyclic) bond motifs is 1. The molecule has 2 rings (SSSR count). The molecule has 0 aromatic carbocycles. The lowest BCUT2D eigenvalue weighted by Gasteiger charge is -2.12. The van der Waals surface area contributed by atoms with E-state index < -0.39 is 12.0 Å². The van der Waals surface area contributed by atoms with Crippen LogP contribution in [0.4, 0.5) is 19.0 Å². The summed E-state index contributed by atoms with van der Waals surface area (Å²) in [4.78, 5) is 0. The highest BCUT2D eigenvalue weighted by Gasteiger charge is 2.37. The highest BCUT2D eigenvalue weighted by atomic mass is 19.4. The van der Waals surface area contributed by atoms with Gasteiger partial charge in [-0.2, -0.15) is 17.7 Å². The van der Waals surface area contributed by atoms with Crippen molar-refractivity contribution in [3.8, 4) is 12.3 Å². The van der Waals surface area contributed by atoms with E-state index >= 15 is 0 Å². The molecule has 0 saturated carbocycles. The van der Waals surface area contributed by atoms with Gasteiger partial charge in [0.1, 0.15) is 5.82 Å². The van der Waals surface area contributed by atoms with Crippen molar-refractivity contribution in [2.75, 3.05) is 5.32 Å². The zero-order chi connectivity index (χ0) is 14.8. The summed E-state index contributed by atoms with van der Waals surface area (Å²) in [6.07, 6.45) is 2.29. The first-order valence-electron chi connectivity index (χ1n) is 5.98. The Kier molecular flexibility index (Phi) is 3.79. The Morgan fingerprint density at radius 3 is 2.75 bits per heavy atom. The summed E-state index contributed by atoms with van der Waals surface area (Å²) < 4.78 is 38.8. The number of terminal acetylenes is 1. The predicted octanol–water partition coefficient (Wildman–Crippen LogP) is 2.36. The second-order valence-corrected chi connectivity index (χ2v) is 4.16. The summed E-state index contributed by atoms with van der Waals surface area (Å²) >= 11 is 0. The molecule has 0 aliphatic carbocycles. The molecule has 0 aliphatic rings. The molecule has 0 aliphatic heterocycles. The van der Waals surface area contributed by atoms with Crippen LogP contribution in [-0.4, -0.2) is 25.9 Å². The minimum atomic E-state index is -4.61. The van der Waals surface area contributed by atoms with Gasteiger partial charge in [-0.3, -0.25) is 0 Å². The van der Waals surface area contributed by atoms with Gasteiger partial charge in [0.25, 0.3) is 5.82 Å². The Balaban J connectivity index is 2.35. The van der Waals surface area contributed by atoms with E-state index in [0.717, 1.165) is 6.42 Å². The van der Waals surface area contributed by atoms with Gasteiger partial charge in [0.2, 0.25) is 0 Å². The molecule has 0 fully saturated rings. The zero-order valence-corrected chi connectivity index (χ0v) is 10.6. The van der Waals surface area contributed by atoms with Crippen LogP contribution >= 0.6 is 0 Å². The summed E-state index contributed by atoms with van der Waals surface area (Å²) in [6.45, 7) is 1.96. The maximum atomic E-state index is 12.7. The van der Waals surface area contributed by atoms with Crippen molar-refractivity contribution in [3.63, 3.8) is 0 Å². The molecule has 8 heteroatoms. The molecule has 0 bridgehead atoms. The van der Waals surface area contributed by atoms with Gasteiger partial charge in [0.05, 0.1) is 6.04 Å². The third kappa shape index (κ3) is 2.82. The first-order valence-corrected chi connectivity index (χ1v) is 5.98. The van der Waals surface area contributed by atoms with Gasteiger partial charge in [-0.25, -0.2) is 0 Å². The number of hydrogen-bond acceptors (Lipinski definition) is 4. The molecule has 5 nitrogen and oxygen atoms in total. The second-order valence-electron chi connectivity index (χ2n) is 4.16. The topological polar surface area (TPSA) is 55.1 Å². The number of anilines is 1. The number of rotatable bonds is 4. The van der Waals surface area contributed by atoms with Crippen LogP contribution in [0.5, 0.6) is 0 Å². The third-order valence-electron chi connectivity index (χ3n) is 2.62. The molecular formula is C12H12F3N5. The fourth-order valence-corrected chi connectivity index (χ4v) is 1.71. The Bertz CT molecular complexity index is 641. The fourth-order valence-electron chi connectivity index (χ4n) is 1.71. The molecule has 0 radical (unpaired) electrons. The molecule has 2 heterocycles. The monoisotopic (exact) mass is 283 g/mol. The van der Waals surface area contributed by atoms with Crippen molar-refractivity contribution < 1.29 is 13.2 Å². The predicted molar refractivity (Wildman–Crippen MR) is 66.9 cm³/mol. The Morgan fingerprint density at radius 1 is 1.40 bits per heavy atom. The molecule has 0 saturated heterocycles. The summed E-state index contributed by atoms with van der Waals surface area (Å²) in [5.74, 6) is 1.61. The van der Waals surface area contributed by atoms with Gasteiger partial charge in [-0.15, -0.1) is 21.7 Å². The molecule has 1 unspecified atom stereocenters. The van der Waals surface area contributed by atoms with Crippen LogP contribution in [0.3, 0.4) is 0 Å². The standard InChI is InChI=1S/C12H12F3N5/c1-3-5-8(4-2)16-9-6-7-10-17-18-11(12(13,14)15)20(10)19-9/h2,6-8H,3,5H2,1H3,(H,16,19). The summed E-state index contributed by atoms with van der Waals surface area (Å²) in [5, 5.41) is 13.3. The summed E-state index contributed by atoms with van der Waals surface area (Å²) in [6, 6.07) is 2.64. The van der Waals surface area contributed by atoms with Gasteiger partial charge in [-0.1, -0.05) is 19.3 Å². The molecule has 2 aromatic rings. The quantitative estimate of drug-likeness (QED) is 0.875. The number of nitrogens with zero attached hydrogens (tertiary/aromatic N) is 4. The van der Waals surface area contributed by atoms with Crippen molar-refractivity contribution in [2.45, 2.75) is 32.0 Å². The number of alkyl halides is 3.